The Labute approximate surface area is 96.2 Å². The Balaban J connectivity index is 2.57. The van der Waals surface area contributed by atoms with E-state index in [1.165, 1.54) is 0 Å². The van der Waals surface area contributed by atoms with Gasteiger partial charge in [0.15, 0.2) is 0 Å². The molecule has 0 atom stereocenters. The lowest BCUT2D eigenvalue weighted by molar-refractivity contribution is -0.120. The van der Waals surface area contributed by atoms with Crippen molar-refractivity contribution in [2.24, 2.45) is 16.8 Å². The number of rotatable bonds is 2. The van der Waals surface area contributed by atoms with Crippen LogP contribution >= 0.6 is 0 Å². The summed E-state index contributed by atoms with van der Waals surface area (Å²) >= 11 is 0. The average Bonchev–Trinajstić information content (AvgIpc) is 2.44. The number of nitrogens with zero attached hydrogens (tertiary/aromatic N) is 2. The van der Waals surface area contributed by atoms with Crippen LogP contribution in [0, 0.1) is 5.92 Å². The van der Waals surface area contributed by atoms with Gasteiger partial charge < -0.3 is 10.2 Å². The Kier molecular flexibility index (Phi) is 5.04. The lowest BCUT2D eigenvalue weighted by Gasteiger charge is -2.23. The second kappa shape index (κ2) is 6.32. The molecule has 0 radical (unpaired) electrons. The number of hydrogen-bond acceptors (Lipinski definition) is 3. The second-order valence-electron chi connectivity index (χ2n) is 4.29. The Morgan fingerprint density at radius 2 is 2.38 bits per heavy atom. The summed E-state index contributed by atoms with van der Waals surface area (Å²) in [6.07, 6.45) is 0.488. The van der Waals surface area contributed by atoms with Gasteiger partial charge in [-0.2, -0.15) is 0 Å². The summed E-state index contributed by atoms with van der Waals surface area (Å²) in [6, 6.07) is 0. The van der Waals surface area contributed by atoms with Gasteiger partial charge in [-0.05, 0) is 5.92 Å². The first kappa shape index (κ1) is 12.8. The molecule has 0 aromatic carbocycles. The van der Waals surface area contributed by atoms with Crippen molar-refractivity contribution in [3.8, 4) is 0 Å². The van der Waals surface area contributed by atoms with Crippen molar-refractivity contribution in [2.75, 3.05) is 26.2 Å². The van der Waals surface area contributed by atoms with Crippen molar-refractivity contribution >= 4 is 11.9 Å². The van der Waals surface area contributed by atoms with Crippen molar-refractivity contribution in [3.63, 3.8) is 0 Å². The Hall–Kier alpha value is -1.30. The Morgan fingerprint density at radius 3 is 3.00 bits per heavy atom. The van der Waals surface area contributed by atoms with Crippen LogP contribution in [-0.4, -0.2) is 42.9 Å². The number of guanidine groups is 1. The summed E-state index contributed by atoms with van der Waals surface area (Å²) < 4.78 is 0. The molecule has 16 heavy (non-hydrogen) atoms. The maximum atomic E-state index is 11.2. The molecule has 0 unspecified atom stereocenters. The van der Waals surface area contributed by atoms with Gasteiger partial charge in [-0.3, -0.25) is 15.2 Å². The molecule has 0 saturated carbocycles. The van der Waals surface area contributed by atoms with E-state index in [-0.39, 0.29) is 5.91 Å². The Bertz CT molecular complexity index is 264. The van der Waals surface area contributed by atoms with Gasteiger partial charge in [0.25, 0.3) is 0 Å². The first-order valence-corrected chi connectivity index (χ1v) is 5.66. The van der Waals surface area contributed by atoms with E-state index < -0.39 is 0 Å². The summed E-state index contributed by atoms with van der Waals surface area (Å²) in [5.74, 6) is 6.70. The molecule has 1 rings (SSSR count). The molecular formula is C10H21N5O. The molecule has 0 aromatic rings. The molecule has 0 bridgehead atoms. The van der Waals surface area contributed by atoms with E-state index in [0.717, 1.165) is 13.1 Å². The molecule has 0 aliphatic carbocycles. The number of aliphatic imine (C=N–C) groups is 1. The third-order valence-corrected chi connectivity index (χ3v) is 2.35. The van der Waals surface area contributed by atoms with Crippen LogP contribution in [0.15, 0.2) is 4.99 Å². The molecule has 1 aliphatic rings. The SMILES string of the molecule is CC(C)CN=C(NN)N1CCNC(=O)CC1. The van der Waals surface area contributed by atoms with E-state index in [9.17, 15) is 4.79 Å². The van der Waals surface area contributed by atoms with E-state index >= 15 is 0 Å². The van der Waals surface area contributed by atoms with Crippen LogP contribution < -0.4 is 16.6 Å². The molecular weight excluding hydrogens is 206 g/mol. The Morgan fingerprint density at radius 1 is 1.62 bits per heavy atom. The first-order valence-electron chi connectivity index (χ1n) is 5.66. The van der Waals surface area contributed by atoms with E-state index in [4.69, 9.17) is 5.84 Å². The summed E-state index contributed by atoms with van der Waals surface area (Å²) in [7, 11) is 0. The maximum absolute atomic E-state index is 11.2. The number of nitrogens with two attached hydrogens (primary N) is 1. The number of amides is 1. The number of hydrazine groups is 1. The highest BCUT2D eigenvalue weighted by atomic mass is 16.1. The molecule has 6 heteroatoms. The van der Waals surface area contributed by atoms with Crippen molar-refractivity contribution in [1.29, 1.82) is 0 Å². The predicted molar refractivity (Wildman–Crippen MR) is 63.7 cm³/mol. The maximum Gasteiger partial charge on any atom is 0.221 e. The van der Waals surface area contributed by atoms with Gasteiger partial charge in [-0.15, -0.1) is 0 Å². The van der Waals surface area contributed by atoms with E-state index in [0.29, 0.717) is 31.4 Å². The molecule has 92 valence electrons. The number of nitrogens with one attached hydrogen (secondary N) is 2. The summed E-state index contributed by atoms with van der Waals surface area (Å²) in [6.45, 7) is 6.98. The van der Waals surface area contributed by atoms with Gasteiger partial charge in [-0.1, -0.05) is 13.8 Å². The highest BCUT2D eigenvalue weighted by Gasteiger charge is 2.16. The van der Waals surface area contributed by atoms with Crippen LogP contribution in [0.5, 0.6) is 0 Å². The van der Waals surface area contributed by atoms with Gasteiger partial charge in [0.2, 0.25) is 11.9 Å². The normalized spacial score (nSPS) is 18.4. The molecule has 1 saturated heterocycles. The van der Waals surface area contributed by atoms with Crippen LogP contribution in [0.25, 0.3) is 0 Å². The summed E-state index contributed by atoms with van der Waals surface area (Å²) in [5, 5.41) is 2.81. The van der Waals surface area contributed by atoms with Gasteiger partial charge in [0.1, 0.15) is 0 Å². The van der Waals surface area contributed by atoms with Crippen molar-refractivity contribution in [3.05, 3.63) is 0 Å². The zero-order chi connectivity index (χ0) is 12.0. The van der Waals surface area contributed by atoms with E-state index in [1.54, 1.807) is 0 Å². The predicted octanol–water partition coefficient (Wildman–Crippen LogP) is -0.716. The summed E-state index contributed by atoms with van der Waals surface area (Å²) in [4.78, 5) is 17.6. The minimum Gasteiger partial charge on any atom is -0.354 e. The topological polar surface area (TPSA) is 82.8 Å². The van der Waals surface area contributed by atoms with Crippen LogP contribution in [0.1, 0.15) is 20.3 Å². The van der Waals surface area contributed by atoms with Gasteiger partial charge in [0, 0.05) is 32.6 Å². The highest BCUT2D eigenvalue weighted by molar-refractivity contribution is 5.81. The highest BCUT2D eigenvalue weighted by Crippen LogP contribution is 1.99. The second-order valence-corrected chi connectivity index (χ2v) is 4.29. The number of carbonyl (C=O) groups is 1. The zero-order valence-corrected chi connectivity index (χ0v) is 9.99. The molecule has 0 spiro atoms. The minimum absolute atomic E-state index is 0.0859. The van der Waals surface area contributed by atoms with Crippen LogP contribution in [0.2, 0.25) is 0 Å². The molecule has 1 amide bonds. The lowest BCUT2D eigenvalue weighted by Crippen LogP contribution is -2.46. The van der Waals surface area contributed by atoms with Gasteiger partial charge in [-0.25, -0.2) is 5.84 Å². The van der Waals surface area contributed by atoms with Crippen molar-refractivity contribution < 1.29 is 4.79 Å². The lowest BCUT2D eigenvalue weighted by atomic mass is 10.2. The summed E-state index contributed by atoms with van der Waals surface area (Å²) in [5.41, 5.74) is 2.61. The minimum atomic E-state index is 0.0859. The third-order valence-electron chi connectivity index (χ3n) is 2.35. The molecule has 0 aromatic heterocycles. The number of carbonyl (C=O) groups excluding carboxylic acids is 1. The smallest absolute Gasteiger partial charge is 0.221 e. The van der Waals surface area contributed by atoms with Crippen LogP contribution in [0.3, 0.4) is 0 Å². The average molecular weight is 227 g/mol. The molecule has 1 fully saturated rings. The first-order chi connectivity index (χ1) is 7.63. The van der Waals surface area contributed by atoms with Crippen LogP contribution in [0.4, 0.5) is 0 Å². The monoisotopic (exact) mass is 227 g/mol. The quantitative estimate of drug-likeness (QED) is 0.252. The van der Waals surface area contributed by atoms with Gasteiger partial charge in [0.05, 0.1) is 0 Å². The van der Waals surface area contributed by atoms with Crippen molar-refractivity contribution in [1.82, 2.24) is 15.6 Å². The van der Waals surface area contributed by atoms with Crippen LogP contribution in [-0.2, 0) is 4.79 Å². The number of hydrogen-bond donors (Lipinski definition) is 3. The molecule has 4 N–H and O–H groups in total. The van der Waals surface area contributed by atoms with E-state index in [2.05, 4.69) is 29.6 Å². The molecule has 6 nitrogen and oxygen atoms in total. The van der Waals surface area contributed by atoms with Crippen molar-refractivity contribution in [2.45, 2.75) is 20.3 Å². The van der Waals surface area contributed by atoms with Gasteiger partial charge >= 0.3 is 0 Å². The fourth-order valence-electron chi connectivity index (χ4n) is 1.48. The molecule has 1 heterocycles. The fourth-order valence-corrected chi connectivity index (χ4v) is 1.48. The van der Waals surface area contributed by atoms with E-state index in [1.807, 2.05) is 4.90 Å². The third kappa shape index (κ3) is 4.06. The largest absolute Gasteiger partial charge is 0.354 e. The fraction of sp³-hybridized carbons (Fsp3) is 0.800. The zero-order valence-electron chi connectivity index (χ0n) is 9.99. The standard InChI is InChI=1S/C10H21N5O/c1-8(2)7-13-10(14-11)15-5-3-9(16)12-4-6-15/h8H,3-7,11H2,1-2H3,(H,12,16)(H,13,14). The molecule has 1 aliphatic heterocycles.